The molecule has 98 valence electrons. The molecular formula is C13H17NO4. The van der Waals surface area contributed by atoms with Crippen LogP contribution in [0.5, 0.6) is 11.5 Å². The zero-order valence-electron chi connectivity index (χ0n) is 10.2. The van der Waals surface area contributed by atoms with Crippen molar-refractivity contribution >= 4 is 5.91 Å². The number of aromatic hydroxyl groups is 2. The van der Waals surface area contributed by atoms with E-state index in [4.69, 9.17) is 9.84 Å². The van der Waals surface area contributed by atoms with Gasteiger partial charge in [0.1, 0.15) is 11.5 Å². The minimum atomic E-state index is -0.326. The maximum Gasteiger partial charge on any atom is 0.255 e. The number of carbonyl (C=O) groups excluding carboxylic acids is 1. The Morgan fingerprint density at radius 2 is 2.17 bits per heavy atom. The Kier molecular flexibility index (Phi) is 3.72. The van der Waals surface area contributed by atoms with Crippen molar-refractivity contribution in [2.45, 2.75) is 31.9 Å². The lowest BCUT2D eigenvalue weighted by atomic mass is 9.89. The van der Waals surface area contributed by atoms with Gasteiger partial charge >= 0.3 is 0 Å². The van der Waals surface area contributed by atoms with E-state index < -0.39 is 0 Å². The molecule has 0 saturated heterocycles. The second-order valence-electron chi connectivity index (χ2n) is 4.42. The van der Waals surface area contributed by atoms with Crippen molar-refractivity contribution in [2.75, 3.05) is 6.61 Å². The molecule has 18 heavy (non-hydrogen) atoms. The summed E-state index contributed by atoms with van der Waals surface area (Å²) in [6, 6.07) is 4.03. The van der Waals surface area contributed by atoms with Crippen LogP contribution in [0, 0.1) is 0 Å². The van der Waals surface area contributed by atoms with Crippen LogP contribution in [-0.4, -0.2) is 34.9 Å². The molecule has 1 aliphatic carbocycles. The first-order valence-corrected chi connectivity index (χ1v) is 6.04. The topological polar surface area (TPSA) is 78.8 Å². The monoisotopic (exact) mass is 251 g/mol. The van der Waals surface area contributed by atoms with Gasteiger partial charge in [-0.1, -0.05) is 0 Å². The molecule has 0 aliphatic heterocycles. The summed E-state index contributed by atoms with van der Waals surface area (Å²) in [5.41, 5.74) is 0.174. The highest BCUT2D eigenvalue weighted by molar-refractivity contribution is 5.97. The summed E-state index contributed by atoms with van der Waals surface area (Å²) in [6.07, 6.45) is 1.84. The van der Waals surface area contributed by atoms with Crippen molar-refractivity contribution in [3.63, 3.8) is 0 Å². The Bertz CT molecular complexity index is 441. The van der Waals surface area contributed by atoms with Gasteiger partial charge in [0.2, 0.25) is 0 Å². The fourth-order valence-electron chi connectivity index (χ4n) is 2.03. The van der Waals surface area contributed by atoms with Crippen molar-refractivity contribution < 1.29 is 19.7 Å². The molecule has 0 unspecified atom stereocenters. The number of carbonyl (C=O) groups is 1. The van der Waals surface area contributed by atoms with Crippen molar-refractivity contribution in [2.24, 2.45) is 0 Å². The predicted molar refractivity (Wildman–Crippen MR) is 65.7 cm³/mol. The zero-order valence-corrected chi connectivity index (χ0v) is 10.2. The van der Waals surface area contributed by atoms with Gasteiger partial charge in [-0.2, -0.15) is 0 Å². The second-order valence-corrected chi connectivity index (χ2v) is 4.42. The second kappa shape index (κ2) is 5.27. The molecule has 1 fully saturated rings. The van der Waals surface area contributed by atoms with Crippen LogP contribution in [0.4, 0.5) is 0 Å². The smallest absolute Gasteiger partial charge is 0.255 e. The van der Waals surface area contributed by atoms with Crippen LogP contribution in [0.25, 0.3) is 0 Å². The van der Waals surface area contributed by atoms with Gasteiger partial charge in [-0.25, -0.2) is 0 Å². The van der Waals surface area contributed by atoms with Crippen molar-refractivity contribution in [3.05, 3.63) is 23.8 Å². The van der Waals surface area contributed by atoms with E-state index in [0.29, 0.717) is 6.61 Å². The van der Waals surface area contributed by atoms with E-state index in [0.717, 1.165) is 18.9 Å². The third-order valence-corrected chi connectivity index (χ3v) is 3.06. The van der Waals surface area contributed by atoms with Gasteiger partial charge < -0.3 is 20.3 Å². The molecule has 1 aliphatic rings. The highest BCUT2D eigenvalue weighted by Crippen LogP contribution is 2.26. The van der Waals surface area contributed by atoms with Crippen molar-refractivity contribution in [1.82, 2.24) is 5.32 Å². The minimum absolute atomic E-state index is 0.0656. The van der Waals surface area contributed by atoms with Gasteiger partial charge in [0.25, 0.3) is 5.91 Å². The standard InChI is InChI=1S/C13H17NO4/c1-2-18-10-5-8(6-10)14-13(17)11-4-3-9(15)7-12(11)16/h3-4,7-8,10,15-16H,2,5-6H2,1H3,(H,14,17). The molecule has 0 aromatic heterocycles. The van der Waals surface area contributed by atoms with E-state index in [1.807, 2.05) is 6.92 Å². The number of ether oxygens (including phenoxy) is 1. The van der Waals surface area contributed by atoms with Gasteiger partial charge in [-0.15, -0.1) is 0 Å². The quantitative estimate of drug-likeness (QED) is 0.755. The fraction of sp³-hybridized carbons (Fsp3) is 0.462. The predicted octanol–water partition coefficient (Wildman–Crippen LogP) is 1.40. The summed E-state index contributed by atoms with van der Waals surface area (Å²) in [5.74, 6) is -0.607. The molecule has 1 saturated carbocycles. The Morgan fingerprint density at radius 1 is 1.44 bits per heavy atom. The molecule has 3 N–H and O–H groups in total. The Hall–Kier alpha value is -1.75. The molecule has 0 atom stereocenters. The average molecular weight is 251 g/mol. The number of rotatable bonds is 4. The summed E-state index contributed by atoms with van der Waals surface area (Å²) in [4.78, 5) is 11.9. The SMILES string of the molecule is CCOC1CC(NC(=O)c2ccc(O)cc2O)C1. The summed E-state index contributed by atoms with van der Waals surface area (Å²) in [5, 5.41) is 21.5. The number of phenols is 2. The van der Waals surface area contributed by atoms with Gasteiger partial charge in [-0.3, -0.25) is 4.79 Å². The molecule has 0 spiro atoms. The van der Waals surface area contributed by atoms with Crippen LogP contribution in [0.3, 0.4) is 0 Å². The Labute approximate surface area is 105 Å². The molecule has 1 aromatic carbocycles. The normalized spacial score (nSPS) is 22.3. The first kappa shape index (κ1) is 12.7. The van der Waals surface area contributed by atoms with Gasteiger partial charge in [0, 0.05) is 18.7 Å². The molecule has 0 heterocycles. The van der Waals surface area contributed by atoms with E-state index in [1.165, 1.54) is 12.1 Å². The van der Waals surface area contributed by atoms with Gasteiger partial charge in [-0.05, 0) is 31.9 Å². The first-order chi connectivity index (χ1) is 8.60. The summed E-state index contributed by atoms with van der Waals surface area (Å²) in [7, 11) is 0. The first-order valence-electron chi connectivity index (χ1n) is 6.04. The number of benzene rings is 1. The number of hydrogen-bond acceptors (Lipinski definition) is 4. The average Bonchev–Trinajstić information content (AvgIpc) is 2.26. The molecule has 2 rings (SSSR count). The number of nitrogens with one attached hydrogen (secondary N) is 1. The maximum absolute atomic E-state index is 11.9. The van der Waals surface area contributed by atoms with E-state index in [1.54, 1.807) is 0 Å². The molecule has 5 nitrogen and oxygen atoms in total. The van der Waals surface area contributed by atoms with Crippen LogP contribution in [0.15, 0.2) is 18.2 Å². The van der Waals surface area contributed by atoms with E-state index in [2.05, 4.69) is 5.32 Å². The lowest BCUT2D eigenvalue weighted by molar-refractivity contribution is -0.00863. The van der Waals surface area contributed by atoms with E-state index in [9.17, 15) is 9.90 Å². The number of phenolic OH excluding ortho intramolecular Hbond substituents is 2. The van der Waals surface area contributed by atoms with E-state index >= 15 is 0 Å². The van der Waals surface area contributed by atoms with Gasteiger partial charge in [0.05, 0.1) is 11.7 Å². The Morgan fingerprint density at radius 3 is 2.78 bits per heavy atom. The lowest BCUT2D eigenvalue weighted by Gasteiger charge is -2.35. The number of amides is 1. The molecule has 1 aromatic rings. The van der Waals surface area contributed by atoms with Crippen LogP contribution < -0.4 is 5.32 Å². The number of hydrogen-bond donors (Lipinski definition) is 3. The summed E-state index contributed by atoms with van der Waals surface area (Å²) >= 11 is 0. The van der Waals surface area contributed by atoms with Crippen LogP contribution in [0.1, 0.15) is 30.1 Å². The molecule has 0 bridgehead atoms. The summed E-state index contributed by atoms with van der Waals surface area (Å²) < 4.78 is 5.40. The van der Waals surface area contributed by atoms with E-state index in [-0.39, 0.29) is 35.1 Å². The largest absolute Gasteiger partial charge is 0.508 e. The molecular weight excluding hydrogens is 234 g/mol. The fourth-order valence-corrected chi connectivity index (χ4v) is 2.03. The molecule has 1 amide bonds. The third kappa shape index (κ3) is 2.73. The van der Waals surface area contributed by atoms with Crippen LogP contribution in [-0.2, 0) is 4.74 Å². The van der Waals surface area contributed by atoms with Gasteiger partial charge in [0.15, 0.2) is 0 Å². The van der Waals surface area contributed by atoms with Crippen molar-refractivity contribution in [3.8, 4) is 11.5 Å². The highest BCUT2D eigenvalue weighted by atomic mass is 16.5. The molecule has 5 heteroatoms. The Balaban J connectivity index is 1.89. The van der Waals surface area contributed by atoms with Crippen LogP contribution >= 0.6 is 0 Å². The highest BCUT2D eigenvalue weighted by Gasteiger charge is 2.31. The summed E-state index contributed by atoms with van der Waals surface area (Å²) in [6.45, 7) is 2.63. The van der Waals surface area contributed by atoms with Crippen LogP contribution in [0.2, 0.25) is 0 Å². The van der Waals surface area contributed by atoms with Crippen molar-refractivity contribution in [1.29, 1.82) is 0 Å². The zero-order chi connectivity index (χ0) is 13.1. The lowest BCUT2D eigenvalue weighted by Crippen LogP contribution is -2.47. The maximum atomic E-state index is 11.9. The molecule has 0 radical (unpaired) electrons. The third-order valence-electron chi connectivity index (χ3n) is 3.06. The minimum Gasteiger partial charge on any atom is -0.508 e.